The fourth-order valence-corrected chi connectivity index (χ4v) is 4.43. The molecule has 4 rings (SSSR count). The minimum atomic E-state index is -0.268. The molecular weight excluding hydrogens is 354 g/mol. The molecule has 1 unspecified atom stereocenters. The van der Waals surface area contributed by atoms with Crippen LogP contribution >= 0.6 is 0 Å². The molecule has 2 aromatic carbocycles. The second kappa shape index (κ2) is 7.72. The van der Waals surface area contributed by atoms with Gasteiger partial charge in [0, 0.05) is 48.6 Å². The van der Waals surface area contributed by atoms with E-state index in [1.807, 2.05) is 36.2 Å². The van der Waals surface area contributed by atoms with E-state index in [-0.39, 0.29) is 30.3 Å². The second-order valence-corrected chi connectivity index (χ2v) is 7.52. The molecule has 0 aromatic heterocycles. The van der Waals surface area contributed by atoms with Crippen LogP contribution < -0.4 is 5.32 Å². The van der Waals surface area contributed by atoms with Gasteiger partial charge in [-0.3, -0.25) is 19.3 Å². The molecule has 0 bridgehead atoms. The number of nitrogens with one attached hydrogen (secondary N) is 1. The zero-order valence-corrected chi connectivity index (χ0v) is 16.1. The van der Waals surface area contributed by atoms with Crippen molar-refractivity contribution in [2.75, 3.05) is 26.7 Å². The van der Waals surface area contributed by atoms with E-state index in [1.54, 1.807) is 12.1 Å². The Morgan fingerprint density at radius 2 is 1.79 bits per heavy atom. The Bertz CT molecular complexity index is 889. The predicted molar refractivity (Wildman–Crippen MR) is 107 cm³/mol. The Kier molecular flexibility index (Phi) is 5.13. The van der Waals surface area contributed by atoms with Crippen LogP contribution in [0.1, 0.15) is 46.4 Å². The molecule has 0 saturated carbocycles. The third kappa shape index (κ3) is 3.18. The zero-order chi connectivity index (χ0) is 19.7. The fraction of sp³-hybridized carbons (Fsp3) is 0.409. The van der Waals surface area contributed by atoms with Crippen molar-refractivity contribution in [3.8, 4) is 0 Å². The monoisotopic (exact) mass is 379 g/mol. The number of hydrogen-bond donors (Lipinski definition) is 1. The molecule has 6 nitrogen and oxygen atoms in total. The van der Waals surface area contributed by atoms with Gasteiger partial charge >= 0.3 is 0 Å². The molecule has 1 atom stereocenters. The highest BCUT2D eigenvalue weighted by Gasteiger charge is 2.33. The molecule has 2 aromatic rings. The number of rotatable bonds is 6. The van der Waals surface area contributed by atoms with Crippen molar-refractivity contribution in [1.29, 1.82) is 0 Å². The smallest absolute Gasteiger partial charge is 0.261 e. The maximum Gasteiger partial charge on any atom is 0.261 e. The van der Waals surface area contributed by atoms with Crippen LogP contribution in [0.4, 0.5) is 0 Å². The Morgan fingerprint density at radius 3 is 2.43 bits per heavy atom. The van der Waals surface area contributed by atoms with Crippen molar-refractivity contribution < 1.29 is 14.4 Å². The number of likely N-dealkylation sites (tertiary alicyclic amines) is 1. The zero-order valence-electron chi connectivity index (χ0n) is 16.1. The largest absolute Gasteiger partial charge is 0.338 e. The summed E-state index contributed by atoms with van der Waals surface area (Å²) in [6.45, 7) is 1.86. The van der Waals surface area contributed by atoms with E-state index < -0.39 is 0 Å². The van der Waals surface area contributed by atoms with Crippen LogP contribution in [0.3, 0.4) is 0 Å². The summed E-state index contributed by atoms with van der Waals surface area (Å²) in [4.78, 5) is 41.6. The van der Waals surface area contributed by atoms with Gasteiger partial charge in [-0.2, -0.15) is 0 Å². The molecule has 2 aliphatic rings. The third-order valence-electron chi connectivity index (χ3n) is 5.77. The number of benzene rings is 2. The summed E-state index contributed by atoms with van der Waals surface area (Å²) in [5.41, 5.74) is 1.13. The summed E-state index contributed by atoms with van der Waals surface area (Å²) < 4.78 is 0. The van der Waals surface area contributed by atoms with Crippen molar-refractivity contribution in [3.63, 3.8) is 0 Å². The van der Waals surface area contributed by atoms with Crippen molar-refractivity contribution in [2.24, 2.45) is 0 Å². The van der Waals surface area contributed by atoms with E-state index in [0.29, 0.717) is 24.0 Å². The normalized spacial score (nSPS) is 19.0. The molecule has 28 heavy (non-hydrogen) atoms. The molecule has 2 heterocycles. The molecule has 0 aliphatic carbocycles. The Balaban J connectivity index is 1.44. The summed E-state index contributed by atoms with van der Waals surface area (Å²) in [6, 6.07) is 11.3. The van der Waals surface area contributed by atoms with Crippen LogP contribution in [-0.4, -0.2) is 60.2 Å². The Morgan fingerprint density at radius 1 is 1.11 bits per heavy atom. The minimum absolute atomic E-state index is 0.108. The quantitative estimate of drug-likeness (QED) is 0.783. The highest BCUT2D eigenvalue weighted by molar-refractivity contribution is 6.25. The lowest BCUT2D eigenvalue weighted by Crippen LogP contribution is -2.42. The van der Waals surface area contributed by atoms with Crippen LogP contribution in [0.5, 0.6) is 0 Å². The molecule has 2 aliphatic heterocycles. The molecule has 146 valence electrons. The number of nitrogens with zero attached hydrogens (tertiary/aromatic N) is 2. The number of likely N-dealkylation sites (N-methyl/N-ethyl adjacent to an activating group) is 1. The van der Waals surface area contributed by atoms with Gasteiger partial charge in [0.05, 0.1) is 0 Å². The number of amides is 3. The van der Waals surface area contributed by atoms with E-state index in [0.717, 1.165) is 36.7 Å². The van der Waals surface area contributed by atoms with Gasteiger partial charge < -0.3 is 10.2 Å². The van der Waals surface area contributed by atoms with Gasteiger partial charge in [-0.1, -0.05) is 24.3 Å². The van der Waals surface area contributed by atoms with Gasteiger partial charge in [0.15, 0.2) is 0 Å². The van der Waals surface area contributed by atoms with Gasteiger partial charge in [0.2, 0.25) is 5.91 Å². The Hall–Kier alpha value is -2.73. The van der Waals surface area contributed by atoms with Crippen LogP contribution in [-0.2, 0) is 4.79 Å². The number of imide groups is 1. The molecule has 1 N–H and O–H groups in total. The summed E-state index contributed by atoms with van der Waals surface area (Å²) in [7, 11) is 1.90. The van der Waals surface area contributed by atoms with Crippen molar-refractivity contribution in [2.45, 2.75) is 31.7 Å². The van der Waals surface area contributed by atoms with Crippen LogP contribution in [0.15, 0.2) is 36.4 Å². The minimum Gasteiger partial charge on any atom is -0.338 e. The SMILES string of the molecule is CNCC1CCCN1C(=O)CCCN1C(=O)c2cccc3cccc(c23)C1=O. The Labute approximate surface area is 164 Å². The molecule has 0 spiro atoms. The maximum atomic E-state index is 12.9. The molecule has 1 fully saturated rings. The lowest BCUT2D eigenvalue weighted by Gasteiger charge is -2.28. The molecule has 3 amide bonds. The average molecular weight is 379 g/mol. The predicted octanol–water partition coefficient (Wildman–Crippen LogP) is 2.43. The lowest BCUT2D eigenvalue weighted by atomic mass is 9.94. The van der Waals surface area contributed by atoms with Gasteiger partial charge in [-0.15, -0.1) is 0 Å². The molecule has 0 radical (unpaired) electrons. The van der Waals surface area contributed by atoms with Gasteiger partial charge in [0.25, 0.3) is 11.8 Å². The summed E-state index contributed by atoms with van der Waals surface area (Å²) in [5.74, 6) is -0.427. The summed E-state index contributed by atoms with van der Waals surface area (Å²) >= 11 is 0. The van der Waals surface area contributed by atoms with Crippen molar-refractivity contribution in [3.05, 3.63) is 47.5 Å². The van der Waals surface area contributed by atoms with Crippen LogP contribution in [0, 0.1) is 0 Å². The summed E-state index contributed by atoms with van der Waals surface area (Å²) in [5, 5.41) is 4.78. The van der Waals surface area contributed by atoms with Gasteiger partial charge in [-0.05, 0) is 43.8 Å². The van der Waals surface area contributed by atoms with Crippen LogP contribution in [0.2, 0.25) is 0 Å². The number of carbonyl (C=O) groups excluding carboxylic acids is 3. The topological polar surface area (TPSA) is 69.7 Å². The van der Waals surface area contributed by atoms with E-state index >= 15 is 0 Å². The van der Waals surface area contributed by atoms with Gasteiger partial charge in [-0.25, -0.2) is 0 Å². The van der Waals surface area contributed by atoms with Crippen molar-refractivity contribution in [1.82, 2.24) is 15.1 Å². The second-order valence-electron chi connectivity index (χ2n) is 7.52. The van der Waals surface area contributed by atoms with Crippen molar-refractivity contribution >= 4 is 28.5 Å². The maximum absolute atomic E-state index is 12.9. The van der Waals surface area contributed by atoms with Crippen LogP contribution in [0.25, 0.3) is 10.8 Å². The average Bonchev–Trinajstić information content (AvgIpc) is 3.17. The first-order valence-electron chi connectivity index (χ1n) is 9.94. The van der Waals surface area contributed by atoms with E-state index in [1.165, 1.54) is 4.90 Å². The molecule has 6 heteroatoms. The third-order valence-corrected chi connectivity index (χ3v) is 5.77. The van der Waals surface area contributed by atoms with E-state index in [9.17, 15) is 14.4 Å². The first-order valence-corrected chi connectivity index (χ1v) is 9.94. The summed E-state index contributed by atoms with van der Waals surface area (Å²) in [6.07, 6.45) is 2.89. The van der Waals surface area contributed by atoms with E-state index in [2.05, 4.69) is 5.32 Å². The number of carbonyl (C=O) groups is 3. The first kappa shape index (κ1) is 18.6. The highest BCUT2D eigenvalue weighted by atomic mass is 16.2. The lowest BCUT2D eigenvalue weighted by molar-refractivity contribution is -0.132. The van der Waals surface area contributed by atoms with Gasteiger partial charge in [0.1, 0.15) is 0 Å². The molecular formula is C22H25N3O3. The number of hydrogen-bond acceptors (Lipinski definition) is 4. The molecule has 1 saturated heterocycles. The highest BCUT2D eigenvalue weighted by Crippen LogP contribution is 2.30. The van der Waals surface area contributed by atoms with E-state index in [4.69, 9.17) is 0 Å². The first-order chi connectivity index (χ1) is 13.6. The fourth-order valence-electron chi connectivity index (χ4n) is 4.43. The standard InChI is InChI=1S/C22H25N3O3/c1-23-14-16-8-4-12-24(16)19(26)11-5-13-25-21(27)17-9-2-6-15-7-3-10-18(20(15)17)22(25)28/h2-3,6-7,9-10,16,23H,4-5,8,11-14H2,1H3.